The Kier molecular flexibility index (Phi) is 70.1. The van der Waals surface area contributed by atoms with Crippen molar-refractivity contribution in [2.24, 2.45) is 22.9 Å². The van der Waals surface area contributed by atoms with Gasteiger partial charge in [-0.15, -0.1) is 0 Å². The summed E-state index contributed by atoms with van der Waals surface area (Å²) in [7, 11) is 0. The van der Waals surface area contributed by atoms with E-state index < -0.39 is 36.0 Å². The van der Waals surface area contributed by atoms with Gasteiger partial charge in [-0.3, -0.25) is 38.4 Å². The monoisotopic (exact) mass is 1740 g/mol. The number of ketones is 3. The molecule has 4 unspecified atom stereocenters. The van der Waals surface area contributed by atoms with Gasteiger partial charge in [-0.25, -0.2) is 4.79 Å². The first kappa shape index (κ1) is 110. The van der Waals surface area contributed by atoms with Gasteiger partial charge in [-0.05, 0) is 151 Å². The molecule has 122 heavy (non-hydrogen) atoms. The minimum absolute atomic E-state index is 0.0351. The van der Waals surface area contributed by atoms with Crippen molar-refractivity contribution >= 4 is 52.9 Å². The third-order valence-corrected chi connectivity index (χ3v) is 19.1. The molecule has 0 aliphatic heterocycles. The van der Waals surface area contributed by atoms with Crippen LogP contribution in [0.15, 0.2) is 48.5 Å². The fourth-order valence-electron chi connectivity index (χ4n) is 12.5. The SMILES string of the molecule is NCCCCC(NC(=O)CCOCCOCCOCCOCCCC(=O)C(CCCCN)NC(=O)CCOCCOCCOCCOCCCC(=O)C(CCCCN)NC(=O)CCOCCOCCOCCOCCCC(=O)C(CCCCN)NC(=O)CCOCCOCCOCCOCCCC(=O)OCC1c2ccccc2-c2ccccc21)C(=O)O. The average Bonchev–Trinajstić information content (AvgIpc) is 1.62. The van der Waals surface area contributed by atoms with E-state index in [-0.39, 0.29) is 145 Å². The van der Waals surface area contributed by atoms with Gasteiger partial charge in [0.25, 0.3) is 0 Å². The number of carbonyl (C=O) groups is 9. The van der Waals surface area contributed by atoms with Crippen molar-refractivity contribution in [1.82, 2.24) is 21.3 Å². The summed E-state index contributed by atoms with van der Waals surface area (Å²) >= 11 is 0. The molecule has 1 aliphatic carbocycles. The number of hydrogen-bond donors (Lipinski definition) is 9. The van der Waals surface area contributed by atoms with Crippen molar-refractivity contribution in [3.8, 4) is 11.1 Å². The Morgan fingerprint density at radius 2 is 0.492 bits per heavy atom. The number of carboxylic acids is 1. The maximum atomic E-state index is 13.2. The summed E-state index contributed by atoms with van der Waals surface area (Å²) in [6.45, 7) is 12.3. The lowest BCUT2D eigenvalue weighted by Gasteiger charge is -2.18. The zero-order valence-corrected chi connectivity index (χ0v) is 72.5. The highest BCUT2D eigenvalue weighted by molar-refractivity contribution is 5.90. The molecule has 13 N–H and O–H groups in total. The topological polar surface area (TPSA) is 483 Å². The van der Waals surface area contributed by atoms with Crippen molar-refractivity contribution in [2.45, 2.75) is 184 Å². The highest BCUT2D eigenvalue weighted by atomic mass is 16.6. The van der Waals surface area contributed by atoms with E-state index >= 15 is 0 Å². The molecule has 3 rings (SSSR count). The first-order valence-corrected chi connectivity index (χ1v) is 44.1. The second-order valence-corrected chi connectivity index (χ2v) is 29.0. The second kappa shape index (κ2) is 78.0. The molecule has 0 aromatic heterocycles. The van der Waals surface area contributed by atoms with Gasteiger partial charge >= 0.3 is 11.9 Å². The predicted octanol–water partition coefficient (Wildman–Crippen LogP) is 4.54. The number of esters is 1. The maximum absolute atomic E-state index is 13.2. The molecule has 1 aliphatic rings. The van der Waals surface area contributed by atoms with Crippen LogP contribution in [0.4, 0.5) is 0 Å². The minimum Gasteiger partial charge on any atom is -0.480 e. The fraction of sp³-hybridized carbons (Fsp3) is 0.759. The molecular formula is C87H148N8O27. The van der Waals surface area contributed by atoms with Crippen LogP contribution in [-0.2, 0) is 124 Å². The third-order valence-electron chi connectivity index (χ3n) is 19.1. The number of nitrogens with two attached hydrogens (primary N) is 4. The van der Waals surface area contributed by atoms with Crippen LogP contribution in [0.3, 0.4) is 0 Å². The van der Waals surface area contributed by atoms with Crippen molar-refractivity contribution < 1.29 is 129 Å². The highest BCUT2D eigenvalue weighted by Crippen LogP contribution is 2.44. The molecular weight excluding hydrogens is 1590 g/mol. The van der Waals surface area contributed by atoms with E-state index in [2.05, 4.69) is 45.5 Å². The first-order chi connectivity index (χ1) is 59.7. The van der Waals surface area contributed by atoms with E-state index in [0.717, 1.165) is 19.3 Å². The van der Waals surface area contributed by atoms with Crippen LogP contribution in [0.25, 0.3) is 11.1 Å². The standard InChI is InChI=1S/C87H148N8O27/c88-33-9-5-21-75(79(96)25-13-37-106-45-53-114-61-65-119-58-50-111-42-30-83(100)93-76(22-6-10-34-89)81(98)27-15-39-108-47-55-116-63-67-121-60-52-113-44-32-85(102)95-78(87(104)105)24-8-12-36-91)92-82(99)29-41-110-49-57-118-66-62-115-54-46-107-38-14-26-80(97)77(23-7-11-35-90)94-84(101)31-43-112-51-59-120-68-64-117-56-48-109-40-16-28-86(103)122-69-74-72-19-3-1-17-70(72)71-18-2-4-20-73(71)74/h1-4,17-20,74-78H,5-16,21-69,88-91H2,(H,92,99)(H,93,100)(H,94,101)(H,95,102)(H,104,105). The number of carbonyl (C=O) groups excluding carboxylic acids is 8. The number of fused-ring (bicyclic) bond motifs is 3. The van der Waals surface area contributed by atoms with Crippen LogP contribution in [0.5, 0.6) is 0 Å². The van der Waals surface area contributed by atoms with Gasteiger partial charge in [0, 0.05) is 83.7 Å². The van der Waals surface area contributed by atoms with Gasteiger partial charge in [0.15, 0.2) is 17.3 Å². The number of Topliss-reactive ketones (excluding diaryl/α,β-unsaturated/α-hetero) is 3. The lowest BCUT2D eigenvalue weighted by molar-refractivity contribution is -0.144. The molecule has 2 aromatic rings. The van der Waals surface area contributed by atoms with Gasteiger partial charge in [0.1, 0.15) is 12.6 Å². The molecule has 35 heteroatoms. The van der Waals surface area contributed by atoms with Gasteiger partial charge in [0.05, 0.1) is 203 Å². The Hall–Kier alpha value is -6.53. The molecule has 4 amide bonds. The number of hydrogen-bond acceptors (Lipinski definition) is 30. The highest BCUT2D eigenvalue weighted by Gasteiger charge is 2.30. The summed E-state index contributed by atoms with van der Waals surface area (Å²) in [5.74, 6) is -2.74. The molecule has 4 atom stereocenters. The van der Waals surface area contributed by atoms with E-state index in [1.807, 2.05) is 24.3 Å². The molecule has 0 saturated heterocycles. The molecule has 698 valence electrons. The number of rotatable bonds is 90. The van der Waals surface area contributed by atoms with Crippen molar-refractivity contribution in [2.75, 3.05) is 244 Å². The first-order valence-electron chi connectivity index (χ1n) is 44.1. The zero-order chi connectivity index (χ0) is 88.0. The lowest BCUT2D eigenvalue weighted by Crippen LogP contribution is -2.41. The fourth-order valence-corrected chi connectivity index (χ4v) is 12.5. The number of unbranched alkanes of at least 4 members (excludes halogenated alkanes) is 4. The lowest BCUT2D eigenvalue weighted by atomic mass is 9.98. The van der Waals surface area contributed by atoms with Crippen LogP contribution in [0.2, 0.25) is 0 Å². The minimum atomic E-state index is -1.08. The van der Waals surface area contributed by atoms with Crippen LogP contribution in [0, 0.1) is 0 Å². The third kappa shape index (κ3) is 58.6. The van der Waals surface area contributed by atoms with E-state index in [0.29, 0.717) is 281 Å². The van der Waals surface area contributed by atoms with Gasteiger partial charge < -0.3 is 130 Å². The van der Waals surface area contributed by atoms with Crippen molar-refractivity contribution in [3.05, 3.63) is 59.7 Å². The van der Waals surface area contributed by atoms with E-state index in [4.69, 9.17) is 103 Å². The Balaban J connectivity index is 1.07. The quantitative estimate of drug-likeness (QED) is 0.0324. The Morgan fingerprint density at radius 1 is 0.270 bits per heavy atom. The Morgan fingerprint density at radius 3 is 0.746 bits per heavy atom. The number of carboxylic acid groups (broad SMARTS) is 1. The van der Waals surface area contributed by atoms with Crippen LogP contribution in [-0.4, -0.2) is 326 Å². The normalized spacial score (nSPS) is 12.8. The van der Waals surface area contributed by atoms with Crippen LogP contribution >= 0.6 is 0 Å². The summed E-state index contributed by atoms with van der Waals surface area (Å²) in [4.78, 5) is 114. The number of ether oxygens (including phenoxy) is 17. The predicted molar refractivity (Wildman–Crippen MR) is 455 cm³/mol. The average molecular weight is 1740 g/mol. The van der Waals surface area contributed by atoms with E-state index in [9.17, 15) is 48.3 Å². The molecule has 0 heterocycles. The summed E-state index contributed by atoms with van der Waals surface area (Å²) in [6.07, 6.45) is 10.7. The van der Waals surface area contributed by atoms with Crippen molar-refractivity contribution in [3.63, 3.8) is 0 Å². The summed E-state index contributed by atoms with van der Waals surface area (Å²) < 4.78 is 95.0. The molecule has 0 saturated carbocycles. The molecule has 2 aromatic carbocycles. The van der Waals surface area contributed by atoms with E-state index in [1.165, 1.54) is 22.3 Å². The van der Waals surface area contributed by atoms with Gasteiger partial charge in [-0.1, -0.05) is 48.5 Å². The number of amides is 4. The molecule has 0 radical (unpaired) electrons. The number of nitrogens with one attached hydrogen (secondary N) is 4. The number of aliphatic carboxylic acids is 1. The van der Waals surface area contributed by atoms with Gasteiger partial charge in [0.2, 0.25) is 23.6 Å². The van der Waals surface area contributed by atoms with Crippen LogP contribution in [0.1, 0.15) is 171 Å². The smallest absolute Gasteiger partial charge is 0.326 e. The molecule has 0 bridgehead atoms. The zero-order valence-electron chi connectivity index (χ0n) is 72.5. The molecule has 0 spiro atoms. The number of benzene rings is 2. The van der Waals surface area contributed by atoms with Crippen molar-refractivity contribution in [1.29, 1.82) is 0 Å². The van der Waals surface area contributed by atoms with E-state index in [1.54, 1.807) is 0 Å². The van der Waals surface area contributed by atoms with Crippen LogP contribution < -0.4 is 44.2 Å². The molecule has 35 nitrogen and oxygen atoms in total. The maximum Gasteiger partial charge on any atom is 0.326 e. The Bertz CT molecular complexity index is 2980. The summed E-state index contributed by atoms with van der Waals surface area (Å²) in [6, 6.07) is 13.7. The largest absolute Gasteiger partial charge is 0.480 e. The van der Waals surface area contributed by atoms with Gasteiger partial charge in [-0.2, -0.15) is 0 Å². The summed E-state index contributed by atoms with van der Waals surface area (Å²) in [5.41, 5.74) is 27.3. The second-order valence-electron chi connectivity index (χ2n) is 29.0. The molecule has 0 fully saturated rings. The summed E-state index contributed by atoms with van der Waals surface area (Å²) in [5, 5.41) is 20.4. The Labute approximate surface area is 722 Å².